The minimum absolute atomic E-state index is 0.00285. The molecule has 0 bridgehead atoms. The lowest BCUT2D eigenvalue weighted by atomic mass is 9.89. The van der Waals surface area contributed by atoms with E-state index in [1.54, 1.807) is 54.1 Å². The Bertz CT molecular complexity index is 3360. The molecule has 0 unspecified atom stereocenters. The summed E-state index contributed by atoms with van der Waals surface area (Å²) >= 11 is 0. The van der Waals surface area contributed by atoms with Crippen molar-refractivity contribution in [1.82, 2.24) is 73.2 Å². The highest BCUT2D eigenvalue weighted by Gasteiger charge is 2.44. The number of benzene rings is 1. The summed E-state index contributed by atoms with van der Waals surface area (Å²) in [6.45, 7) is 15.8. The summed E-state index contributed by atoms with van der Waals surface area (Å²) in [5.41, 5.74) is 0.668. The molecule has 1 heterocycles. The molecule has 0 saturated carbocycles. The Morgan fingerprint density at radius 1 is 0.602 bits per heavy atom. The summed E-state index contributed by atoms with van der Waals surface area (Å²) in [6, 6.07) is 4.21. The second kappa shape index (κ2) is 54.9. The van der Waals surface area contributed by atoms with Crippen molar-refractivity contribution in [2.24, 2.45) is 35.0 Å². The van der Waals surface area contributed by atoms with Crippen LogP contribution in [0.3, 0.4) is 0 Å². The minimum atomic E-state index is -2.09. The Hall–Kier alpha value is -9.09. The molecule has 0 aromatic heterocycles. The molecule has 15 atom stereocenters. The van der Waals surface area contributed by atoms with Gasteiger partial charge in [0.25, 0.3) is 0 Å². The molecule has 1 aliphatic heterocycles. The van der Waals surface area contributed by atoms with E-state index in [9.17, 15) is 92.3 Å². The summed E-state index contributed by atoms with van der Waals surface area (Å²) in [4.78, 5) is 203. The first-order chi connectivity index (χ1) is 55.5. The van der Waals surface area contributed by atoms with E-state index in [1.165, 1.54) is 21.1 Å². The number of nitrogens with zero attached hydrogens (tertiary/aromatic N) is 3. The van der Waals surface area contributed by atoms with Crippen LogP contribution in [0, 0.1) is 35.0 Å². The van der Waals surface area contributed by atoms with Crippen LogP contribution in [-0.2, 0) is 97.2 Å². The number of ketones is 1. The van der Waals surface area contributed by atoms with Gasteiger partial charge >= 0.3 is 12.1 Å². The van der Waals surface area contributed by atoms with Crippen LogP contribution in [0.15, 0.2) is 30.3 Å². The number of carbonyl (C=O) groups excluding carboxylic acids is 15. The van der Waals surface area contributed by atoms with E-state index in [4.69, 9.17) is 28.8 Å². The number of methoxy groups -OCH3 is 2. The van der Waals surface area contributed by atoms with Crippen molar-refractivity contribution in [3.05, 3.63) is 35.9 Å². The molecule has 0 spiro atoms. The monoisotopic (exact) mass is 1680 g/mol. The molecule has 118 heavy (non-hydrogen) atoms. The van der Waals surface area contributed by atoms with E-state index in [1.807, 2.05) is 81.3 Å². The van der Waals surface area contributed by atoms with Crippen molar-refractivity contribution in [3.8, 4) is 0 Å². The number of amides is 13. The molecule has 2 rings (SSSR count). The largest absolute Gasteiger partial charge is 0.464 e. The number of Topliss-reactive ketones (excluding diaryl/α,β-unsaturated/α-hetero) is 1. The smallest absolute Gasteiger partial charge is 0.407 e. The number of likely N-dealkylation sites (N-methyl/N-ethyl adjacent to an activating group) is 2. The van der Waals surface area contributed by atoms with Gasteiger partial charge in [0.1, 0.15) is 43.0 Å². The standard InChI is InChI=1S/C79H134N14O25/c1-17-48(6)68(92(14)76(111)66(46(2)3)90-75(110)67(47(4)5)91(12)13)58(114-15)37-65(104)93-32-21-25-55(93)71(115-16)49(7)72(107)89-54(35-51-23-19-18-20-24-51)74(109)81-29-22-33-117-77(112)50(8)88-61(100)27-31-82-78(113)118-44-52(73(108)87-39-56(96)69(105)70(106)57(97)43-94)36-53(95)38-83-62(101)41-85-64(103)42-86-63(102)40-84-59(98)26-30-80-60(99)28-34-116-45-79(9,10)11/h18-20,23-24,46-50,52,54-58,66-71,94,96-97,105-106H,17,21-22,25-45H2,1-16H3,(H,80,99)(H,81,109)(H,82,113)(H,83,101)(H,84,98)(H,85,103)(H,86,102)(H,87,108)(H,88,100)(H,89,107)(H,90,110)/t48-,49+,50-,52-,54-,55-,56-,57+,58+,66-,67-,68-,69+,70+,71+/m0/s1. The third-order valence-electron chi connectivity index (χ3n) is 19.7. The maximum atomic E-state index is 14.6. The van der Waals surface area contributed by atoms with Crippen LogP contribution in [-0.4, -0.2) is 329 Å². The van der Waals surface area contributed by atoms with E-state index in [-0.39, 0.29) is 112 Å². The number of hydrogen-bond donors (Lipinski definition) is 16. The van der Waals surface area contributed by atoms with Gasteiger partial charge in [-0.3, -0.25) is 67.2 Å². The molecular formula is C79H134N14O25. The molecule has 670 valence electrons. The van der Waals surface area contributed by atoms with Gasteiger partial charge in [0.2, 0.25) is 70.9 Å². The zero-order valence-corrected chi connectivity index (χ0v) is 71.4. The Balaban J connectivity index is 1.99. The topological polar surface area (TPSA) is 545 Å². The van der Waals surface area contributed by atoms with Gasteiger partial charge in [0.05, 0.1) is 107 Å². The highest BCUT2D eigenvalue weighted by atomic mass is 16.6. The number of esters is 1. The summed E-state index contributed by atoms with van der Waals surface area (Å²) in [7, 11) is 8.25. The van der Waals surface area contributed by atoms with Crippen LogP contribution in [0.2, 0.25) is 0 Å². The molecule has 1 saturated heterocycles. The van der Waals surface area contributed by atoms with E-state index in [0.29, 0.717) is 32.4 Å². The number of likely N-dealkylation sites (tertiary alicyclic amines) is 1. The number of aliphatic hydroxyl groups is 5. The van der Waals surface area contributed by atoms with Crippen LogP contribution in [0.25, 0.3) is 0 Å². The maximum Gasteiger partial charge on any atom is 0.407 e. The van der Waals surface area contributed by atoms with Crippen LogP contribution in [0.5, 0.6) is 0 Å². The molecule has 1 aromatic carbocycles. The van der Waals surface area contributed by atoms with Crippen LogP contribution in [0.4, 0.5) is 4.79 Å². The summed E-state index contributed by atoms with van der Waals surface area (Å²) in [5, 5.41) is 76.7. The Morgan fingerprint density at radius 2 is 1.19 bits per heavy atom. The summed E-state index contributed by atoms with van der Waals surface area (Å²) < 4.78 is 28.1. The second-order valence-corrected chi connectivity index (χ2v) is 31.7. The van der Waals surface area contributed by atoms with Crippen molar-refractivity contribution >= 4 is 88.7 Å². The average molecular weight is 1680 g/mol. The third-order valence-corrected chi connectivity index (χ3v) is 19.7. The number of nitrogens with one attached hydrogen (secondary N) is 11. The Morgan fingerprint density at radius 3 is 1.75 bits per heavy atom. The SMILES string of the molecule is CC[C@H](C)[C@@H]([C@@H](CC(=O)N1CCC[C@H]1[C@H](OC)[C@@H](C)C(=O)N[C@@H](Cc1ccccc1)C(=O)NCCCOC(=O)[C@H](C)NC(=O)CCNC(=O)OC[C@H](CC(=O)CNC(=O)CNC(=O)CNC(=O)CNC(=O)CCNC(=O)CCOCC(C)(C)C)C(=O)NC[C@H](O)[C@@H](O)[C@H](O)[C@H](O)CO)OC)N(C)C(=O)[C@@H](NC(=O)[C@H](C(C)C)N(C)C)C(C)C. The first kappa shape index (κ1) is 105. The van der Waals surface area contributed by atoms with E-state index in [2.05, 4.69) is 58.5 Å². The number of aliphatic hydroxyl groups excluding tert-OH is 5. The minimum Gasteiger partial charge on any atom is -0.464 e. The second-order valence-electron chi connectivity index (χ2n) is 31.7. The summed E-state index contributed by atoms with van der Waals surface area (Å²) in [5.74, 6) is -11.6. The lowest BCUT2D eigenvalue weighted by Crippen LogP contribution is -2.59. The zero-order chi connectivity index (χ0) is 89.1. The van der Waals surface area contributed by atoms with Crippen LogP contribution in [0.1, 0.15) is 140 Å². The Labute approximate surface area is 691 Å². The van der Waals surface area contributed by atoms with Crippen molar-refractivity contribution in [2.75, 3.05) is 127 Å². The quantitative estimate of drug-likeness (QED) is 0.0223. The van der Waals surface area contributed by atoms with Gasteiger partial charge in [-0.15, -0.1) is 0 Å². The lowest BCUT2D eigenvalue weighted by Gasteiger charge is -2.41. The number of alkyl carbamates (subject to hydrolysis) is 1. The van der Waals surface area contributed by atoms with Gasteiger partial charge < -0.3 is 118 Å². The molecule has 1 aromatic rings. The highest BCUT2D eigenvalue weighted by Crippen LogP contribution is 2.30. The van der Waals surface area contributed by atoms with Crippen molar-refractivity contribution in [2.45, 2.75) is 213 Å². The highest BCUT2D eigenvalue weighted by molar-refractivity contribution is 5.94. The van der Waals surface area contributed by atoms with Crippen molar-refractivity contribution in [1.29, 1.82) is 0 Å². The molecule has 39 nitrogen and oxygen atoms in total. The molecule has 0 radical (unpaired) electrons. The number of rotatable bonds is 56. The predicted molar refractivity (Wildman–Crippen MR) is 429 cm³/mol. The van der Waals surface area contributed by atoms with Gasteiger partial charge in [0.15, 0.2) is 5.78 Å². The number of hydrogen-bond acceptors (Lipinski definition) is 26. The molecular weight excluding hydrogens is 1540 g/mol. The van der Waals surface area contributed by atoms with E-state index < -0.39 is 209 Å². The Kier molecular flexibility index (Phi) is 48.8. The van der Waals surface area contributed by atoms with Gasteiger partial charge in [-0.1, -0.05) is 106 Å². The van der Waals surface area contributed by atoms with Crippen LogP contribution >= 0.6 is 0 Å². The van der Waals surface area contributed by atoms with Gasteiger partial charge in [-0.05, 0) is 69.0 Å². The van der Waals surface area contributed by atoms with Gasteiger partial charge in [-0.2, -0.15) is 0 Å². The van der Waals surface area contributed by atoms with E-state index >= 15 is 0 Å². The average Bonchev–Trinajstić information content (AvgIpc) is 1.27. The summed E-state index contributed by atoms with van der Waals surface area (Å²) in [6.07, 6.45) is -10.1. The maximum absolute atomic E-state index is 14.6. The fourth-order valence-electron chi connectivity index (χ4n) is 12.9. The van der Waals surface area contributed by atoms with Gasteiger partial charge in [0, 0.05) is 86.1 Å². The number of carbonyl (C=O) groups is 15. The van der Waals surface area contributed by atoms with Gasteiger partial charge in [-0.25, -0.2) is 9.59 Å². The normalized spacial score (nSPS) is 16.4. The first-order valence-electron chi connectivity index (χ1n) is 40.1. The fourth-order valence-corrected chi connectivity index (χ4v) is 12.9. The van der Waals surface area contributed by atoms with Crippen LogP contribution < -0.4 is 58.5 Å². The van der Waals surface area contributed by atoms with E-state index in [0.717, 1.165) is 5.56 Å². The molecule has 1 fully saturated rings. The fraction of sp³-hybridized carbons (Fsp3) is 0.734. The van der Waals surface area contributed by atoms with Crippen molar-refractivity contribution in [3.63, 3.8) is 0 Å². The lowest BCUT2D eigenvalue weighted by molar-refractivity contribution is -0.148. The molecule has 0 aliphatic carbocycles. The van der Waals surface area contributed by atoms with Crippen molar-refractivity contribution < 1.29 is 121 Å². The molecule has 39 heteroatoms. The number of ether oxygens (including phenoxy) is 5. The molecule has 13 amide bonds. The molecule has 1 aliphatic rings. The zero-order valence-electron chi connectivity index (χ0n) is 71.4. The predicted octanol–water partition coefficient (Wildman–Crippen LogP) is -3.42. The third kappa shape index (κ3) is 39.2. The molecule has 16 N–H and O–H groups in total. The first-order valence-corrected chi connectivity index (χ1v) is 40.1.